The Labute approximate surface area is 144 Å². The van der Waals surface area contributed by atoms with Gasteiger partial charge in [-0.15, -0.1) is 0 Å². The fourth-order valence-corrected chi connectivity index (χ4v) is 2.78. The van der Waals surface area contributed by atoms with Crippen LogP contribution in [0.2, 0.25) is 0 Å². The molecule has 3 rings (SSSR count). The van der Waals surface area contributed by atoms with E-state index in [9.17, 15) is 9.59 Å². The molecule has 1 aromatic heterocycles. The second-order valence-corrected chi connectivity index (χ2v) is 5.36. The molecule has 0 unspecified atom stereocenters. The van der Waals surface area contributed by atoms with Crippen LogP contribution in [0.25, 0.3) is 16.6 Å². The van der Waals surface area contributed by atoms with Gasteiger partial charge < -0.3 is 15.2 Å². The van der Waals surface area contributed by atoms with E-state index in [0.717, 1.165) is 0 Å². The Hall–Kier alpha value is -3.28. The molecular weight excluding hydrogens is 320 g/mol. The van der Waals surface area contributed by atoms with Gasteiger partial charge in [0, 0.05) is 11.1 Å². The van der Waals surface area contributed by atoms with Crippen molar-refractivity contribution in [2.24, 2.45) is 0 Å². The lowest BCUT2D eigenvalue weighted by molar-refractivity contribution is 0.0600. The summed E-state index contributed by atoms with van der Waals surface area (Å²) in [6, 6.07) is 14.2. The van der Waals surface area contributed by atoms with Crippen molar-refractivity contribution in [1.29, 1.82) is 0 Å². The summed E-state index contributed by atoms with van der Waals surface area (Å²) in [5.74, 6) is -0.0554. The monoisotopic (exact) mass is 338 g/mol. The highest BCUT2D eigenvalue weighted by Gasteiger charge is 2.21. The number of para-hydroxylation sites is 1. The number of aromatic nitrogens is 1. The van der Waals surface area contributed by atoms with Crippen LogP contribution in [-0.4, -0.2) is 24.3 Å². The van der Waals surface area contributed by atoms with Gasteiger partial charge in [0.05, 0.1) is 24.9 Å². The summed E-state index contributed by atoms with van der Waals surface area (Å²) >= 11 is 0. The van der Waals surface area contributed by atoms with Crippen LogP contribution in [0.5, 0.6) is 5.75 Å². The van der Waals surface area contributed by atoms with Crippen molar-refractivity contribution in [2.75, 3.05) is 19.5 Å². The van der Waals surface area contributed by atoms with Gasteiger partial charge in [-0.2, -0.15) is 0 Å². The fourth-order valence-electron chi connectivity index (χ4n) is 2.78. The fraction of sp³-hybridized carbons (Fsp3) is 0.158. The summed E-state index contributed by atoms with van der Waals surface area (Å²) in [5.41, 5.74) is 6.72. The van der Waals surface area contributed by atoms with Crippen molar-refractivity contribution in [3.8, 4) is 11.4 Å². The maximum Gasteiger partial charge on any atom is 0.345 e. The van der Waals surface area contributed by atoms with Gasteiger partial charge in [0.2, 0.25) is 0 Å². The van der Waals surface area contributed by atoms with E-state index >= 15 is 0 Å². The molecule has 0 saturated heterocycles. The van der Waals surface area contributed by atoms with Gasteiger partial charge in [0.15, 0.2) is 0 Å². The second kappa shape index (κ2) is 6.68. The van der Waals surface area contributed by atoms with E-state index in [0.29, 0.717) is 28.9 Å². The molecule has 0 fully saturated rings. The van der Waals surface area contributed by atoms with E-state index in [4.69, 9.17) is 15.2 Å². The minimum absolute atomic E-state index is 0.120. The van der Waals surface area contributed by atoms with Crippen molar-refractivity contribution in [2.45, 2.75) is 6.92 Å². The number of anilines is 1. The molecule has 0 saturated carbocycles. The molecule has 0 spiro atoms. The van der Waals surface area contributed by atoms with Crippen LogP contribution in [0, 0.1) is 0 Å². The molecule has 0 radical (unpaired) electrons. The first-order valence-corrected chi connectivity index (χ1v) is 7.83. The molecule has 2 N–H and O–H groups in total. The minimum atomic E-state index is -0.757. The zero-order chi connectivity index (χ0) is 18.0. The second-order valence-electron chi connectivity index (χ2n) is 5.36. The average molecular weight is 338 g/mol. The van der Waals surface area contributed by atoms with Crippen molar-refractivity contribution in [1.82, 2.24) is 4.57 Å². The Morgan fingerprint density at radius 2 is 1.80 bits per heavy atom. The summed E-state index contributed by atoms with van der Waals surface area (Å²) < 4.78 is 11.6. The predicted octanol–water partition coefficient (Wildman–Crippen LogP) is 2.76. The molecular formula is C19H18N2O4. The molecule has 2 aromatic carbocycles. The zero-order valence-corrected chi connectivity index (χ0v) is 14.0. The van der Waals surface area contributed by atoms with Crippen molar-refractivity contribution >= 4 is 22.6 Å². The lowest BCUT2D eigenvalue weighted by Crippen LogP contribution is -2.28. The molecule has 128 valence electrons. The van der Waals surface area contributed by atoms with Crippen molar-refractivity contribution < 1.29 is 14.3 Å². The highest BCUT2D eigenvalue weighted by Crippen LogP contribution is 2.25. The average Bonchev–Trinajstić information content (AvgIpc) is 2.63. The van der Waals surface area contributed by atoms with Crippen LogP contribution < -0.4 is 16.0 Å². The summed E-state index contributed by atoms with van der Waals surface area (Å²) in [5, 5.41) is 0.608. The number of methoxy groups -OCH3 is 1. The standard InChI is InChI=1S/C19H18N2O4/c1-3-25-13-10-8-12(9-11-13)21-15-7-5-4-6-14(15)17(20)16(18(21)22)19(23)24-2/h4-11H,3,20H2,1-2H3. The van der Waals surface area contributed by atoms with E-state index in [-0.39, 0.29) is 11.3 Å². The molecule has 6 heteroatoms. The number of carbonyl (C=O) groups is 1. The molecule has 0 bridgehead atoms. The van der Waals surface area contributed by atoms with Gasteiger partial charge in [-0.3, -0.25) is 9.36 Å². The molecule has 0 aliphatic carbocycles. The van der Waals surface area contributed by atoms with E-state index in [1.54, 1.807) is 42.5 Å². The van der Waals surface area contributed by atoms with Gasteiger partial charge >= 0.3 is 5.97 Å². The largest absolute Gasteiger partial charge is 0.494 e. The van der Waals surface area contributed by atoms with Gasteiger partial charge in [0.25, 0.3) is 5.56 Å². The van der Waals surface area contributed by atoms with E-state index in [2.05, 4.69) is 0 Å². The molecule has 0 aliphatic rings. The number of nitrogens with zero attached hydrogens (tertiary/aromatic N) is 1. The summed E-state index contributed by atoms with van der Waals surface area (Å²) in [6.07, 6.45) is 0. The highest BCUT2D eigenvalue weighted by molar-refractivity contribution is 6.04. The Kier molecular flexibility index (Phi) is 4.43. The third kappa shape index (κ3) is 2.82. The highest BCUT2D eigenvalue weighted by atomic mass is 16.5. The van der Waals surface area contributed by atoms with Crippen molar-refractivity contribution in [3.63, 3.8) is 0 Å². The Morgan fingerprint density at radius 1 is 1.12 bits per heavy atom. The normalized spacial score (nSPS) is 10.6. The number of esters is 1. The number of pyridine rings is 1. The summed E-state index contributed by atoms with van der Waals surface area (Å²) in [4.78, 5) is 25.1. The smallest absolute Gasteiger partial charge is 0.345 e. The van der Waals surface area contributed by atoms with E-state index in [1.165, 1.54) is 11.7 Å². The maximum atomic E-state index is 13.0. The topological polar surface area (TPSA) is 83.5 Å². The maximum absolute atomic E-state index is 13.0. The molecule has 0 amide bonds. The number of ether oxygens (including phenoxy) is 2. The molecule has 6 nitrogen and oxygen atoms in total. The molecule has 25 heavy (non-hydrogen) atoms. The number of carbonyl (C=O) groups excluding carboxylic acids is 1. The Balaban J connectivity index is 2.33. The quantitative estimate of drug-likeness (QED) is 0.740. The van der Waals surface area contributed by atoms with Crippen LogP contribution in [0.15, 0.2) is 53.3 Å². The van der Waals surface area contributed by atoms with Gasteiger partial charge in [-0.25, -0.2) is 4.79 Å². The SMILES string of the molecule is CCOc1ccc(-n2c(=O)c(C(=O)OC)c(N)c3ccccc32)cc1. The molecule has 0 aliphatic heterocycles. The van der Waals surface area contributed by atoms with Crippen LogP contribution >= 0.6 is 0 Å². The number of fused-ring (bicyclic) bond motifs is 1. The first kappa shape index (κ1) is 16.6. The number of hydrogen-bond donors (Lipinski definition) is 1. The Morgan fingerprint density at radius 3 is 2.44 bits per heavy atom. The van der Waals surface area contributed by atoms with Gasteiger partial charge in [0.1, 0.15) is 11.3 Å². The first-order chi connectivity index (χ1) is 12.1. The molecule has 1 heterocycles. The van der Waals surface area contributed by atoms with Crippen molar-refractivity contribution in [3.05, 3.63) is 64.4 Å². The Bertz CT molecular complexity index is 991. The number of rotatable bonds is 4. The third-order valence-electron chi connectivity index (χ3n) is 3.92. The van der Waals surface area contributed by atoms with Crippen LogP contribution in [0.3, 0.4) is 0 Å². The number of nitrogen functional groups attached to an aromatic ring is 1. The zero-order valence-electron chi connectivity index (χ0n) is 14.0. The number of hydrogen-bond acceptors (Lipinski definition) is 5. The van der Waals surface area contributed by atoms with Gasteiger partial charge in [-0.05, 0) is 37.3 Å². The minimum Gasteiger partial charge on any atom is -0.494 e. The third-order valence-corrected chi connectivity index (χ3v) is 3.92. The van der Waals surface area contributed by atoms with Crippen LogP contribution in [0.4, 0.5) is 5.69 Å². The predicted molar refractivity (Wildman–Crippen MR) is 96.5 cm³/mol. The summed E-state index contributed by atoms with van der Waals surface area (Å²) in [7, 11) is 1.22. The lowest BCUT2D eigenvalue weighted by Gasteiger charge is -2.15. The van der Waals surface area contributed by atoms with Crippen LogP contribution in [0.1, 0.15) is 17.3 Å². The van der Waals surface area contributed by atoms with E-state index in [1.807, 2.05) is 13.0 Å². The van der Waals surface area contributed by atoms with E-state index < -0.39 is 11.5 Å². The molecule has 0 atom stereocenters. The van der Waals surface area contributed by atoms with Gasteiger partial charge in [-0.1, -0.05) is 18.2 Å². The first-order valence-electron chi connectivity index (χ1n) is 7.83. The van der Waals surface area contributed by atoms with Crippen LogP contribution in [-0.2, 0) is 4.74 Å². The lowest BCUT2D eigenvalue weighted by atomic mass is 10.1. The number of nitrogens with two attached hydrogens (primary N) is 1. The summed E-state index contributed by atoms with van der Waals surface area (Å²) in [6.45, 7) is 2.45. The number of benzene rings is 2. The molecule has 3 aromatic rings.